The molecule has 0 spiro atoms. The highest BCUT2D eigenvalue weighted by molar-refractivity contribution is 5.94. The van der Waals surface area contributed by atoms with Crippen LogP contribution in [-0.4, -0.2) is 10.4 Å². The summed E-state index contributed by atoms with van der Waals surface area (Å²) in [4.78, 5) is 12.2. The van der Waals surface area contributed by atoms with Crippen LogP contribution in [0.4, 0.5) is 0 Å². The molecule has 0 aliphatic carbocycles. The van der Waals surface area contributed by atoms with Crippen molar-refractivity contribution in [1.29, 1.82) is 0 Å². The van der Waals surface area contributed by atoms with Crippen LogP contribution in [0.2, 0.25) is 0 Å². The molecular weight excluding hydrogens is 222 g/mol. The van der Waals surface area contributed by atoms with Crippen molar-refractivity contribution in [3.63, 3.8) is 0 Å². The van der Waals surface area contributed by atoms with Crippen LogP contribution in [-0.2, 0) is 13.0 Å². The smallest absolute Gasteiger partial charge is 0.179 e. The molecule has 1 aromatic heterocycles. The summed E-state index contributed by atoms with van der Waals surface area (Å²) < 4.78 is 2.05. The van der Waals surface area contributed by atoms with E-state index < -0.39 is 0 Å². The minimum atomic E-state index is 0.234. The number of nitrogens with zero attached hydrogens (tertiary/aromatic N) is 1. The van der Waals surface area contributed by atoms with E-state index >= 15 is 0 Å². The Hall–Kier alpha value is -1.83. The van der Waals surface area contributed by atoms with Crippen molar-refractivity contribution in [3.05, 3.63) is 59.9 Å². The van der Waals surface area contributed by atoms with Crippen LogP contribution in [0, 0.1) is 0 Å². The lowest BCUT2D eigenvalue weighted by atomic mass is 10.1. The van der Waals surface area contributed by atoms with Gasteiger partial charge in [-0.05, 0) is 30.5 Å². The molecule has 0 saturated carbocycles. The van der Waals surface area contributed by atoms with Crippen molar-refractivity contribution in [2.45, 2.75) is 32.7 Å². The van der Waals surface area contributed by atoms with Crippen molar-refractivity contribution in [2.75, 3.05) is 0 Å². The Kier molecular flexibility index (Phi) is 4.35. The van der Waals surface area contributed by atoms with E-state index in [1.54, 1.807) is 0 Å². The van der Waals surface area contributed by atoms with Crippen LogP contribution >= 0.6 is 0 Å². The van der Waals surface area contributed by atoms with E-state index in [-0.39, 0.29) is 5.78 Å². The second-order valence-electron chi connectivity index (χ2n) is 4.50. The molecule has 2 nitrogen and oxygen atoms in total. The predicted molar refractivity (Wildman–Crippen MR) is 73.8 cm³/mol. The highest BCUT2D eigenvalue weighted by Crippen LogP contribution is 2.10. The average Bonchev–Trinajstić information content (AvgIpc) is 2.86. The largest absolute Gasteiger partial charge is 0.345 e. The number of benzene rings is 1. The maximum absolute atomic E-state index is 12.2. The zero-order valence-corrected chi connectivity index (χ0v) is 10.8. The molecule has 18 heavy (non-hydrogen) atoms. The second-order valence-corrected chi connectivity index (χ2v) is 4.50. The monoisotopic (exact) mass is 241 g/mol. The fourth-order valence-corrected chi connectivity index (χ4v) is 2.13. The molecule has 0 atom stereocenters. The molecule has 0 aliphatic heterocycles. The van der Waals surface area contributed by atoms with Crippen molar-refractivity contribution < 1.29 is 4.79 Å². The second kappa shape index (κ2) is 6.20. The van der Waals surface area contributed by atoms with E-state index in [0.717, 1.165) is 25.1 Å². The number of rotatable bonds is 6. The highest BCUT2D eigenvalue weighted by Gasteiger charge is 2.10. The van der Waals surface area contributed by atoms with Crippen molar-refractivity contribution in [1.82, 2.24) is 4.57 Å². The maximum Gasteiger partial charge on any atom is 0.179 e. The molecule has 2 heteroatoms. The first-order valence-electron chi connectivity index (χ1n) is 6.53. The fourth-order valence-electron chi connectivity index (χ4n) is 2.13. The van der Waals surface area contributed by atoms with Crippen molar-refractivity contribution >= 4 is 5.78 Å². The first-order valence-corrected chi connectivity index (χ1v) is 6.53. The minimum Gasteiger partial charge on any atom is -0.345 e. The van der Waals surface area contributed by atoms with E-state index in [1.807, 2.05) is 41.1 Å². The molecule has 1 aromatic carbocycles. The van der Waals surface area contributed by atoms with Gasteiger partial charge in [-0.15, -0.1) is 0 Å². The molecule has 0 unspecified atom stereocenters. The van der Waals surface area contributed by atoms with Gasteiger partial charge in [0.2, 0.25) is 0 Å². The number of hydrogen-bond donors (Lipinski definition) is 0. The number of aromatic nitrogens is 1. The summed E-state index contributed by atoms with van der Waals surface area (Å²) in [6.45, 7) is 3.04. The minimum absolute atomic E-state index is 0.234. The van der Waals surface area contributed by atoms with Gasteiger partial charge in [0, 0.05) is 19.2 Å². The first-order chi connectivity index (χ1) is 8.81. The van der Waals surface area contributed by atoms with Gasteiger partial charge in [-0.2, -0.15) is 0 Å². The maximum atomic E-state index is 12.2. The Morgan fingerprint density at radius 1 is 1.11 bits per heavy atom. The highest BCUT2D eigenvalue weighted by atomic mass is 16.1. The van der Waals surface area contributed by atoms with Gasteiger partial charge in [-0.3, -0.25) is 4.79 Å². The lowest BCUT2D eigenvalue weighted by molar-refractivity contribution is 0.0974. The summed E-state index contributed by atoms with van der Waals surface area (Å²) in [5.74, 6) is 0.234. The van der Waals surface area contributed by atoms with Gasteiger partial charge in [0.05, 0.1) is 5.69 Å². The van der Waals surface area contributed by atoms with Crippen LogP contribution < -0.4 is 0 Å². The number of hydrogen-bond acceptors (Lipinski definition) is 1. The van der Waals surface area contributed by atoms with E-state index in [0.29, 0.717) is 6.42 Å². The topological polar surface area (TPSA) is 22.0 Å². The van der Waals surface area contributed by atoms with Gasteiger partial charge in [-0.25, -0.2) is 0 Å². The molecule has 1 heterocycles. The summed E-state index contributed by atoms with van der Waals surface area (Å²) in [5.41, 5.74) is 2.06. The van der Waals surface area contributed by atoms with Gasteiger partial charge in [0.25, 0.3) is 0 Å². The average molecular weight is 241 g/mol. The number of ketones is 1. The van der Waals surface area contributed by atoms with E-state index in [1.165, 1.54) is 5.56 Å². The molecule has 0 amide bonds. The first kappa shape index (κ1) is 12.6. The summed E-state index contributed by atoms with van der Waals surface area (Å²) in [6, 6.07) is 14.0. The third-order valence-corrected chi connectivity index (χ3v) is 3.06. The molecule has 2 rings (SSSR count). The standard InChI is InChI=1S/C16H19NO/c1-2-12-17-13-6-9-15(17)16(18)11-10-14-7-4-3-5-8-14/h3-9,13H,2,10-12H2,1H3. The summed E-state index contributed by atoms with van der Waals surface area (Å²) in [6.07, 6.45) is 4.43. The Morgan fingerprint density at radius 2 is 1.89 bits per heavy atom. The molecule has 2 aromatic rings. The normalized spacial score (nSPS) is 10.5. The Morgan fingerprint density at radius 3 is 2.61 bits per heavy atom. The zero-order chi connectivity index (χ0) is 12.8. The SMILES string of the molecule is CCCn1cccc1C(=O)CCc1ccccc1. The molecule has 0 fully saturated rings. The van der Waals surface area contributed by atoms with Crippen LogP contribution in [0.3, 0.4) is 0 Å². The molecule has 94 valence electrons. The molecule has 0 bridgehead atoms. The summed E-state index contributed by atoms with van der Waals surface area (Å²) in [5, 5.41) is 0. The fraction of sp³-hybridized carbons (Fsp3) is 0.312. The Balaban J connectivity index is 1.97. The van der Waals surface area contributed by atoms with E-state index in [9.17, 15) is 4.79 Å². The Bertz CT molecular complexity index is 499. The number of Topliss-reactive ketones (excluding diaryl/α,β-unsaturated/α-hetero) is 1. The molecule has 0 N–H and O–H groups in total. The third-order valence-electron chi connectivity index (χ3n) is 3.06. The van der Waals surface area contributed by atoms with Gasteiger partial charge in [0.1, 0.15) is 0 Å². The lowest BCUT2D eigenvalue weighted by Gasteiger charge is -2.07. The third kappa shape index (κ3) is 3.10. The van der Waals surface area contributed by atoms with Crippen LogP contribution in [0.25, 0.3) is 0 Å². The molecule has 0 aliphatic rings. The molecule has 0 radical (unpaired) electrons. The van der Waals surface area contributed by atoms with Crippen LogP contribution in [0.15, 0.2) is 48.7 Å². The number of carbonyl (C=O) groups is 1. The van der Waals surface area contributed by atoms with E-state index in [2.05, 4.69) is 19.1 Å². The van der Waals surface area contributed by atoms with Crippen molar-refractivity contribution in [3.8, 4) is 0 Å². The quantitative estimate of drug-likeness (QED) is 0.707. The molecule has 0 saturated heterocycles. The van der Waals surface area contributed by atoms with Gasteiger partial charge in [-0.1, -0.05) is 37.3 Å². The predicted octanol–water partition coefficient (Wildman–Crippen LogP) is 3.71. The lowest BCUT2D eigenvalue weighted by Crippen LogP contribution is -2.09. The zero-order valence-electron chi connectivity index (χ0n) is 10.8. The number of carbonyl (C=O) groups excluding carboxylic acids is 1. The van der Waals surface area contributed by atoms with Gasteiger partial charge in [0.15, 0.2) is 5.78 Å². The van der Waals surface area contributed by atoms with Gasteiger partial charge >= 0.3 is 0 Å². The van der Waals surface area contributed by atoms with Gasteiger partial charge < -0.3 is 4.57 Å². The van der Waals surface area contributed by atoms with Crippen molar-refractivity contribution in [2.24, 2.45) is 0 Å². The summed E-state index contributed by atoms with van der Waals surface area (Å²) in [7, 11) is 0. The summed E-state index contributed by atoms with van der Waals surface area (Å²) >= 11 is 0. The Labute approximate surface area is 108 Å². The number of aryl methyl sites for hydroxylation is 2. The van der Waals surface area contributed by atoms with Crippen LogP contribution in [0.1, 0.15) is 35.8 Å². The van der Waals surface area contributed by atoms with E-state index in [4.69, 9.17) is 0 Å². The molecular formula is C16H19NO. The van der Waals surface area contributed by atoms with Crippen LogP contribution in [0.5, 0.6) is 0 Å².